The van der Waals surface area contributed by atoms with Gasteiger partial charge in [0.2, 0.25) is 0 Å². The lowest BCUT2D eigenvalue weighted by atomic mass is 9.72. The van der Waals surface area contributed by atoms with Crippen LogP contribution in [0.15, 0.2) is 243 Å². The van der Waals surface area contributed by atoms with E-state index >= 15 is 0 Å². The molecule has 6 aliphatic rings. The van der Waals surface area contributed by atoms with Crippen LogP contribution in [0.5, 0.6) is 0 Å². The van der Waals surface area contributed by atoms with Crippen LogP contribution in [0.4, 0.5) is 0 Å². The Morgan fingerprint density at radius 3 is 0.634 bits per heavy atom. The van der Waals surface area contributed by atoms with Gasteiger partial charge in [0, 0.05) is 38.8 Å². The first kappa shape index (κ1) is 54.2. The van der Waals surface area contributed by atoms with Gasteiger partial charge >= 0.3 is 0 Å². The molecule has 0 aromatic heterocycles. The second-order valence-electron chi connectivity index (χ2n) is 22.9. The van der Waals surface area contributed by atoms with E-state index < -0.39 is 75.4 Å². The van der Waals surface area contributed by atoms with Gasteiger partial charge < -0.3 is 37.0 Å². The van der Waals surface area contributed by atoms with E-state index in [0.29, 0.717) is 13.1 Å². The Morgan fingerprint density at radius 2 is 0.463 bits per heavy atom. The van der Waals surface area contributed by atoms with Crippen LogP contribution in [0.1, 0.15) is 95.9 Å². The Labute approximate surface area is 485 Å². The number of fused-ring (bicyclic) bond motifs is 2. The fourth-order valence-corrected chi connectivity index (χ4v) is 17.5. The predicted octanol–water partition coefficient (Wildman–Crippen LogP) is 15.3. The summed E-state index contributed by atoms with van der Waals surface area (Å²) in [6, 6.07) is 84.7. The number of hydrogen-bond acceptors (Lipinski definition) is 10. The van der Waals surface area contributed by atoms with Crippen LogP contribution in [0.2, 0.25) is 0 Å². The van der Waals surface area contributed by atoms with E-state index in [2.05, 4.69) is 266 Å². The lowest BCUT2D eigenvalue weighted by Crippen LogP contribution is -2.53. The molecule has 4 unspecified atom stereocenters. The standard InChI is InChI=1S/C70H70N2O8P2/c1-71(81-77-67(53-31-11-3-12-32-53,54-33-13-4-14-34-54)61-62(74-65(73-61)47-27-28-48-65)68(78-81,55-35-15-5-16-36-55)56-37-17-6-18-38-56)51-52-72(2)82-79-69(57-39-19-7-20-40-57,58-41-21-8-22-42-58)63-64(76-66(75-63)49-29-30-50-66)70(80-82,59-43-23-9-24-44-59)60-45-25-10-26-46-60/h3-26,31-46,61-64H,27-30,47-52H2,1-2H3/t61-,62?,63?,64?,81?,82?/m1/s1. The van der Waals surface area contributed by atoms with Crippen LogP contribution in [0.25, 0.3) is 0 Å². The van der Waals surface area contributed by atoms with Crippen molar-refractivity contribution in [2.45, 2.75) is 110 Å². The SMILES string of the molecule is CN(CCN(C)P1OC(c2ccccc2)(c2ccccc2)C2OC3(CCCC3)O[C@H]2C(c2ccccc2)(c2ccccc2)O1)P1OC(c2ccccc2)(c2ccccc2)C2OC3(CCCC3)OC2C(c2ccccc2)(c2ccccc2)O1. The minimum Gasteiger partial charge on any atom is -0.340 e. The summed E-state index contributed by atoms with van der Waals surface area (Å²) in [7, 11) is 0.240. The summed E-state index contributed by atoms with van der Waals surface area (Å²) in [5.41, 5.74) is 2.90. The van der Waals surface area contributed by atoms with Crippen LogP contribution < -0.4 is 0 Å². The molecule has 0 N–H and O–H groups in total. The maximum atomic E-state index is 8.09. The van der Waals surface area contributed by atoms with E-state index in [0.717, 1.165) is 95.9 Å². The van der Waals surface area contributed by atoms with Crippen molar-refractivity contribution < 1.29 is 37.0 Å². The molecule has 418 valence electrons. The molecule has 0 amide bonds. The van der Waals surface area contributed by atoms with Crippen molar-refractivity contribution in [2.24, 2.45) is 0 Å². The third-order valence-electron chi connectivity index (χ3n) is 18.1. The maximum Gasteiger partial charge on any atom is 0.261 e. The zero-order valence-corrected chi connectivity index (χ0v) is 48.3. The quantitative estimate of drug-likeness (QED) is 0.104. The van der Waals surface area contributed by atoms with Crippen LogP contribution in [0.3, 0.4) is 0 Å². The van der Waals surface area contributed by atoms with E-state index in [1.165, 1.54) is 0 Å². The molecule has 4 aliphatic heterocycles. The van der Waals surface area contributed by atoms with Gasteiger partial charge in [-0.1, -0.05) is 243 Å². The molecule has 6 fully saturated rings. The Balaban J connectivity index is 0.916. The van der Waals surface area contributed by atoms with Gasteiger partial charge in [-0.25, -0.2) is 9.34 Å². The Morgan fingerprint density at radius 1 is 0.293 bits per heavy atom. The van der Waals surface area contributed by atoms with Crippen molar-refractivity contribution in [3.63, 3.8) is 0 Å². The number of likely N-dealkylation sites (N-methyl/N-ethyl adjacent to an activating group) is 2. The lowest BCUT2D eigenvalue weighted by Gasteiger charge is -2.42. The van der Waals surface area contributed by atoms with Gasteiger partial charge in [0.05, 0.1) is 0 Å². The molecule has 2 saturated carbocycles. The minimum absolute atomic E-state index is 0.477. The smallest absolute Gasteiger partial charge is 0.261 e. The molecule has 82 heavy (non-hydrogen) atoms. The molecule has 0 radical (unpaired) electrons. The monoisotopic (exact) mass is 1130 g/mol. The summed E-state index contributed by atoms with van der Waals surface area (Å²) in [6.45, 7) is 0.953. The van der Waals surface area contributed by atoms with Crippen LogP contribution in [0, 0.1) is 0 Å². The zero-order chi connectivity index (χ0) is 55.2. The summed E-state index contributed by atoms with van der Waals surface area (Å²) in [4.78, 5) is 0. The van der Waals surface area contributed by atoms with Gasteiger partial charge in [0.25, 0.3) is 17.1 Å². The third kappa shape index (κ3) is 9.09. The number of ether oxygens (including phenoxy) is 4. The minimum atomic E-state index is -2.00. The highest BCUT2D eigenvalue weighted by Crippen LogP contribution is 2.69. The highest BCUT2D eigenvalue weighted by atomic mass is 31.2. The molecular weight excluding hydrogens is 1060 g/mol. The molecule has 4 heterocycles. The fraction of sp³-hybridized carbons (Fsp3) is 0.314. The van der Waals surface area contributed by atoms with Crippen molar-refractivity contribution >= 4 is 17.1 Å². The number of nitrogens with zero attached hydrogens (tertiary/aromatic N) is 2. The molecule has 2 spiro atoms. The largest absolute Gasteiger partial charge is 0.340 e. The van der Waals surface area contributed by atoms with Crippen LogP contribution in [-0.2, 0) is 59.4 Å². The first-order valence-corrected chi connectivity index (χ1v) is 31.5. The lowest BCUT2D eigenvalue weighted by molar-refractivity contribution is -0.194. The van der Waals surface area contributed by atoms with E-state index in [1.807, 2.05) is 0 Å². The Bertz CT molecular complexity index is 2790. The van der Waals surface area contributed by atoms with E-state index in [9.17, 15) is 0 Å². The summed E-state index contributed by atoms with van der Waals surface area (Å²) in [5, 5.41) is 0. The van der Waals surface area contributed by atoms with Gasteiger partial charge in [-0.2, -0.15) is 0 Å². The van der Waals surface area contributed by atoms with Crippen molar-refractivity contribution in [1.29, 1.82) is 0 Å². The van der Waals surface area contributed by atoms with E-state index in [1.54, 1.807) is 0 Å². The number of hydrogen-bond donors (Lipinski definition) is 0. The second kappa shape index (κ2) is 22.3. The summed E-state index contributed by atoms with van der Waals surface area (Å²) in [5.74, 6) is -1.64. The van der Waals surface area contributed by atoms with Gasteiger partial charge in [0.15, 0.2) is 34.0 Å². The van der Waals surface area contributed by atoms with Gasteiger partial charge in [-0.3, -0.25) is 0 Å². The molecular formula is C70H70N2O8P2. The van der Waals surface area contributed by atoms with Crippen molar-refractivity contribution in [3.8, 4) is 0 Å². The first-order chi connectivity index (χ1) is 40.3. The number of benzene rings is 8. The van der Waals surface area contributed by atoms with Gasteiger partial charge in [-0.15, -0.1) is 0 Å². The highest BCUT2D eigenvalue weighted by molar-refractivity contribution is 7.45. The second-order valence-corrected chi connectivity index (χ2v) is 25.9. The molecule has 8 aromatic carbocycles. The molecule has 8 aromatic rings. The maximum absolute atomic E-state index is 8.09. The normalized spacial score (nSPS) is 26.3. The van der Waals surface area contributed by atoms with Crippen LogP contribution in [-0.4, -0.2) is 72.5 Å². The Hall–Kier alpha value is -5.78. The van der Waals surface area contributed by atoms with Gasteiger partial charge in [-0.05, 0) is 84.3 Å². The average Bonchev–Trinajstić information content (AvgIpc) is 3.07. The highest BCUT2D eigenvalue weighted by Gasteiger charge is 2.71. The fourth-order valence-electron chi connectivity index (χ4n) is 14.1. The summed E-state index contributed by atoms with van der Waals surface area (Å²) < 4.78 is 67.6. The van der Waals surface area contributed by atoms with E-state index in [-0.39, 0.29) is 0 Å². The average molecular weight is 1130 g/mol. The molecule has 2 aliphatic carbocycles. The molecule has 14 rings (SSSR count). The summed E-state index contributed by atoms with van der Waals surface area (Å²) in [6.07, 6.45) is 4.51. The topological polar surface area (TPSA) is 80.3 Å². The number of rotatable bonds is 13. The summed E-state index contributed by atoms with van der Waals surface area (Å²) >= 11 is 0. The molecule has 10 nitrogen and oxygen atoms in total. The Kier molecular flexibility index (Phi) is 14.8. The van der Waals surface area contributed by atoms with Gasteiger partial charge in [0.1, 0.15) is 24.4 Å². The predicted molar refractivity (Wildman–Crippen MR) is 320 cm³/mol. The molecule has 0 bridgehead atoms. The third-order valence-corrected chi connectivity index (χ3v) is 21.4. The molecule has 5 atom stereocenters. The zero-order valence-electron chi connectivity index (χ0n) is 46.5. The van der Waals surface area contributed by atoms with Crippen molar-refractivity contribution in [3.05, 3.63) is 287 Å². The van der Waals surface area contributed by atoms with Crippen molar-refractivity contribution in [2.75, 3.05) is 27.2 Å². The first-order valence-electron chi connectivity index (χ1n) is 29.3. The van der Waals surface area contributed by atoms with E-state index in [4.69, 9.17) is 37.0 Å². The molecule has 12 heteroatoms. The molecule has 4 saturated heterocycles. The van der Waals surface area contributed by atoms with Crippen LogP contribution >= 0.6 is 17.1 Å². The van der Waals surface area contributed by atoms with Crippen molar-refractivity contribution in [1.82, 2.24) is 9.34 Å².